The normalized spacial score (nSPS) is 10.8. The maximum atomic E-state index is 13.2. The Morgan fingerprint density at radius 3 is 2.05 bits per heavy atom. The van der Waals surface area contributed by atoms with Gasteiger partial charge in [-0.1, -0.05) is 78.9 Å². The van der Waals surface area contributed by atoms with Crippen molar-refractivity contribution < 1.29 is 9.53 Å². The number of imidazole rings is 1. The van der Waals surface area contributed by atoms with E-state index in [1.165, 1.54) is 0 Å². The van der Waals surface area contributed by atoms with Crippen LogP contribution in [0.25, 0.3) is 22.4 Å². The highest BCUT2D eigenvalue weighted by Gasteiger charge is 2.16. The smallest absolute Gasteiger partial charge is 0.255 e. The predicted octanol–water partition coefficient (Wildman–Crippen LogP) is 7.80. The van der Waals surface area contributed by atoms with Crippen LogP contribution in [0.1, 0.15) is 15.9 Å². The molecule has 0 aliphatic heterocycles. The van der Waals surface area contributed by atoms with Crippen LogP contribution < -0.4 is 10.1 Å². The predicted molar refractivity (Wildman–Crippen MR) is 152 cm³/mol. The molecule has 0 saturated heterocycles. The molecule has 0 spiro atoms. The SMILES string of the molecule is O=C(Nc1ccc(Oc2ccccc2)cc1)c1ccc2nc(-c3ccccc3)n(Cc3ccccc3)c2c1. The highest BCUT2D eigenvalue weighted by atomic mass is 16.5. The number of nitrogens with one attached hydrogen (secondary N) is 1. The van der Waals surface area contributed by atoms with Gasteiger partial charge >= 0.3 is 0 Å². The Kier molecular flexibility index (Phi) is 6.39. The fraction of sp³-hybridized carbons (Fsp3) is 0.0303. The molecular weight excluding hydrogens is 470 g/mol. The van der Waals surface area contributed by atoms with E-state index in [-0.39, 0.29) is 5.91 Å². The largest absolute Gasteiger partial charge is 0.457 e. The minimum atomic E-state index is -0.183. The molecule has 1 N–H and O–H groups in total. The molecule has 184 valence electrons. The first-order valence-electron chi connectivity index (χ1n) is 12.5. The molecule has 6 aromatic rings. The summed E-state index contributed by atoms with van der Waals surface area (Å²) >= 11 is 0. The van der Waals surface area contributed by atoms with Crippen molar-refractivity contribution in [3.63, 3.8) is 0 Å². The van der Waals surface area contributed by atoms with E-state index >= 15 is 0 Å². The van der Waals surface area contributed by atoms with Crippen molar-refractivity contribution in [2.45, 2.75) is 6.54 Å². The van der Waals surface area contributed by atoms with Crippen LogP contribution in [0, 0.1) is 0 Å². The molecule has 0 aliphatic carbocycles. The Morgan fingerprint density at radius 1 is 0.711 bits per heavy atom. The van der Waals surface area contributed by atoms with Crippen LogP contribution in [0.4, 0.5) is 5.69 Å². The van der Waals surface area contributed by atoms with E-state index in [9.17, 15) is 4.79 Å². The molecule has 38 heavy (non-hydrogen) atoms. The zero-order valence-electron chi connectivity index (χ0n) is 20.6. The third-order valence-electron chi connectivity index (χ3n) is 6.32. The lowest BCUT2D eigenvalue weighted by atomic mass is 10.1. The maximum Gasteiger partial charge on any atom is 0.255 e. The fourth-order valence-corrected chi connectivity index (χ4v) is 4.43. The molecule has 0 saturated carbocycles. The number of ether oxygens (including phenoxy) is 1. The van der Waals surface area contributed by atoms with Gasteiger partial charge < -0.3 is 14.6 Å². The summed E-state index contributed by atoms with van der Waals surface area (Å²) < 4.78 is 8.02. The Morgan fingerprint density at radius 2 is 1.34 bits per heavy atom. The molecule has 1 heterocycles. The standard InChI is InChI=1S/C33H25N3O2/c37-33(34-27-17-19-29(20-18-27)38-28-14-8-3-9-15-28)26-16-21-30-31(22-26)36(23-24-10-4-1-5-11-24)32(35-30)25-12-6-2-7-13-25/h1-22H,23H2,(H,34,37). The van der Waals surface area contributed by atoms with E-state index in [0.29, 0.717) is 23.5 Å². The number of aromatic nitrogens is 2. The van der Waals surface area contributed by atoms with Gasteiger partial charge in [0.25, 0.3) is 5.91 Å². The maximum absolute atomic E-state index is 13.2. The number of amides is 1. The summed E-state index contributed by atoms with van der Waals surface area (Å²) in [6, 6.07) is 43.0. The Hall–Kier alpha value is -5.16. The van der Waals surface area contributed by atoms with Gasteiger partial charge in [-0.05, 0) is 60.2 Å². The molecule has 5 aromatic carbocycles. The third-order valence-corrected chi connectivity index (χ3v) is 6.32. The van der Waals surface area contributed by atoms with E-state index in [4.69, 9.17) is 9.72 Å². The lowest BCUT2D eigenvalue weighted by Gasteiger charge is -2.11. The number of nitrogens with zero attached hydrogens (tertiary/aromatic N) is 2. The molecule has 0 unspecified atom stereocenters. The zero-order valence-corrected chi connectivity index (χ0v) is 20.6. The Balaban J connectivity index is 1.28. The van der Waals surface area contributed by atoms with Gasteiger partial charge in [0.1, 0.15) is 17.3 Å². The molecule has 0 atom stereocenters. The van der Waals surface area contributed by atoms with E-state index in [1.807, 2.05) is 109 Å². The molecule has 1 aromatic heterocycles. The molecule has 0 fully saturated rings. The van der Waals surface area contributed by atoms with E-state index in [1.54, 1.807) is 0 Å². The van der Waals surface area contributed by atoms with Crippen LogP contribution in [0.3, 0.4) is 0 Å². The van der Waals surface area contributed by atoms with Crippen LogP contribution >= 0.6 is 0 Å². The number of rotatable bonds is 7. The minimum absolute atomic E-state index is 0.183. The summed E-state index contributed by atoms with van der Waals surface area (Å²) in [5.41, 5.74) is 5.21. The molecule has 0 radical (unpaired) electrons. The third kappa shape index (κ3) is 5.04. The number of hydrogen-bond donors (Lipinski definition) is 1. The van der Waals surface area contributed by atoms with E-state index < -0.39 is 0 Å². The van der Waals surface area contributed by atoms with Gasteiger partial charge in [0.15, 0.2) is 0 Å². The molecule has 0 bridgehead atoms. The van der Waals surface area contributed by atoms with Gasteiger partial charge in [0.05, 0.1) is 11.0 Å². The van der Waals surface area contributed by atoms with Crippen LogP contribution in [0.5, 0.6) is 11.5 Å². The molecular formula is C33H25N3O2. The molecule has 1 amide bonds. The van der Waals surface area contributed by atoms with Gasteiger partial charge in [-0.2, -0.15) is 0 Å². The summed E-state index contributed by atoms with van der Waals surface area (Å²) in [4.78, 5) is 18.1. The second kappa shape index (κ2) is 10.4. The summed E-state index contributed by atoms with van der Waals surface area (Å²) in [6.45, 7) is 0.648. The van der Waals surface area contributed by atoms with E-state index in [0.717, 1.165) is 33.7 Å². The van der Waals surface area contributed by atoms with Gasteiger partial charge in [-0.3, -0.25) is 4.79 Å². The molecule has 5 heteroatoms. The number of anilines is 1. The summed E-state index contributed by atoms with van der Waals surface area (Å²) in [6.07, 6.45) is 0. The first-order chi connectivity index (χ1) is 18.7. The average molecular weight is 496 g/mol. The monoisotopic (exact) mass is 495 g/mol. The highest BCUT2D eigenvalue weighted by Crippen LogP contribution is 2.28. The van der Waals surface area contributed by atoms with Crippen LogP contribution in [-0.2, 0) is 6.54 Å². The molecule has 5 nitrogen and oxygen atoms in total. The van der Waals surface area contributed by atoms with Crippen molar-refractivity contribution in [2.75, 3.05) is 5.32 Å². The Bertz CT molecular complexity index is 1680. The van der Waals surface area contributed by atoms with Gasteiger partial charge in [0.2, 0.25) is 0 Å². The zero-order chi connectivity index (χ0) is 25.7. The first-order valence-corrected chi connectivity index (χ1v) is 12.5. The Labute approximate surface area is 221 Å². The van der Waals surface area contributed by atoms with Crippen LogP contribution in [0.2, 0.25) is 0 Å². The number of para-hydroxylation sites is 1. The van der Waals surface area contributed by atoms with Gasteiger partial charge in [-0.15, -0.1) is 0 Å². The van der Waals surface area contributed by atoms with Crippen LogP contribution in [0.15, 0.2) is 133 Å². The fourth-order valence-electron chi connectivity index (χ4n) is 4.43. The summed E-state index contributed by atoms with van der Waals surface area (Å²) in [7, 11) is 0. The summed E-state index contributed by atoms with van der Waals surface area (Å²) in [5.74, 6) is 2.15. The number of carbonyl (C=O) groups is 1. The van der Waals surface area contributed by atoms with Crippen molar-refractivity contribution in [1.82, 2.24) is 9.55 Å². The first kappa shape index (κ1) is 23.3. The topological polar surface area (TPSA) is 56.1 Å². The number of carbonyl (C=O) groups excluding carboxylic acids is 1. The second-order valence-electron chi connectivity index (χ2n) is 8.97. The number of benzene rings is 5. The van der Waals surface area contributed by atoms with E-state index in [2.05, 4.69) is 34.1 Å². The quantitative estimate of drug-likeness (QED) is 0.246. The lowest BCUT2D eigenvalue weighted by molar-refractivity contribution is 0.102. The average Bonchev–Trinajstić information content (AvgIpc) is 3.33. The van der Waals surface area contributed by atoms with Crippen molar-refractivity contribution in [3.05, 3.63) is 145 Å². The van der Waals surface area contributed by atoms with Crippen molar-refractivity contribution in [2.24, 2.45) is 0 Å². The van der Waals surface area contributed by atoms with Gasteiger partial charge in [0, 0.05) is 23.4 Å². The number of fused-ring (bicyclic) bond motifs is 1. The second-order valence-corrected chi connectivity index (χ2v) is 8.97. The summed E-state index contributed by atoms with van der Waals surface area (Å²) in [5, 5.41) is 3.00. The lowest BCUT2D eigenvalue weighted by Crippen LogP contribution is -2.12. The van der Waals surface area contributed by atoms with Crippen LogP contribution in [-0.4, -0.2) is 15.5 Å². The molecule has 6 rings (SSSR count). The number of hydrogen-bond acceptors (Lipinski definition) is 3. The van der Waals surface area contributed by atoms with Crippen molar-refractivity contribution in [1.29, 1.82) is 0 Å². The van der Waals surface area contributed by atoms with Gasteiger partial charge in [-0.25, -0.2) is 4.98 Å². The highest BCUT2D eigenvalue weighted by molar-refractivity contribution is 6.06. The minimum Gasteiger partial charge on any atom is -0.457 e. The van der Waals surface area contributed by atoms with Crippen molar-refractivity contribution in [3.8, 4) is 22.9 Å². The van der Waals surface area contributed by atoms with Crippen molar-refractivity contribution >= 4 is 22.6 Å². The molecule has 0 aliphatic rings.